The number of halogens is 1. The molecular formula is C20H22BrNO2. The topological polar surface area (TPSA) is 40.5 Å². The monoisotopic (exact) mass is 387 g/mol. The van der Waals surface area contributed by atoms with Gasteiger partial charge in [0.2, 0.25) is 0 Å². The highest BCUT2D eigenvalue weighted by Gasteiger charge is 2.35. The van der Waals surface area contributed by atoms with Gasteiger partial charge in [-0.25, -0.2) is 0 Å². The van der Waals surface area contributed by atoms with Crippen molar-refractivity contribution in [2.75, 3.05) is 6.54 Å². The Morgan fingerprint density at radius 1 is 1.17 bits per heavy atom. The number of likely N-dealkylation sites (tertiary alicyclic amines) is 1. The van der Waals surface area contributed by atoms with E-state index in [9.17, 15) is 9.90 Å². The zero-order chi connectivity index (χ0) is 17.1. The first-order valence-electron chi connectivity index (χ1n) is 8.37. The molecule has 1 aliphatic rings. The van der Waals surface area contributed by atoms with E-state index in [0.717, 1.165) is 35.0 Å². The van der Waals surface area contributed by atoms with E-state index in [1.54, 1.807) is 0 Å². The largest absolute Gasteiger partial charge is 0.480 e. The third-order valence-electron chi connectivity index (χ3n) is 4.72. The van der Waals surface area contributed by atoms with Crippen LogP contribution in [0.1, 0.15) is 42.0 Å². The summed E-state index contributed by atoms with van der Waals surface area (Å²) >= 11 is 3.55. The van der Waals surface area contributed by atoms with Crippen molar-refractivity contribution in [2.45, 2.75) is 38.3 Å². The van der Waals surface area contributed by atoms with E-state index >= 15 is 0 Å². The number of carbonyl (C=O) groups is 1. The van der Waals surface area contributed by atoms with Gasteiger partial charge in [-0.2, -0.15) is 0 Å². The Hall–Kier alpha value is -1.65. The summed E-state index contributed by atoms with van der Waals surface area (Å²) in [5.74, 6) is -0.721. The minimum absolute atomic E-state index is 0.0375. The van der Waals surface area contributed by atoms with Crippen molar-refractivity contribution >= 4 is 21.9 Å². The quantitative estimate of drug-likeness (QED) is 0.819. The van der Waals surface area contributed by atoms with Crippen molar-refractivity contribution in [3.63, 3.8) is 0 Å². The number of piperidine rings is 1. The van der Waals surface area contributed by atoms with E-state index in [2.05, 4.69) is 64.2 Å². The number of aryl methyl sites for hydroxylation is 1. The van der Waals surface area contributed by atoms with Crippen LogP contribution in [0, 0.1) is 6.92 Å². The van der Waals surface area contributed by atoms with Crippen LogP contribution in [-0.2, 0) is 4.79 Å². The zero-order valence-corrected chi connectivity index (χ0v) is 15.4. The lowest BCUT2D eigenvalue weighted by atomic mass is 9.91. The number of nitrogens with zero attached hydrogens (tertiary/aromatic N) is 1. The van der Waals surface area contributed by atoms with Gasteiger partial charge in [-0.05, 0) is 49.6 Å². The van der Waals surface area contributed by atoms with Crippen molar-refractivity contribution in [3.05, 3.63) is 69.7 Å². The molecule has 3 nitrogen and oxygen atoms in total. The third-order valence-corrected chi connectivity index (χ3v) is 5.21. The Bertz CT molecular complexity index is 714. The number of aliphatic carboxylic acids is 1. The Morgan fingerprint density at radius 2 is 1.92 bits per heavy atom. The highest BCUT2D eigenvalue weighted by atomic mass is 79.9. The van der Waals surface area contributed by atoms with Gasteiger partial charge in [-0.1, -0.05) is 64.3 Å². The molecule has 0 aromatic heterocycles. The second-order valence-electron chi connectivity index (χ2n) is 6.46. The van der Waals surface area contributed by atoms with Crippen molar-refractivity contribution in [2.24, 2.45) is 0 Å². The predicted octanol–water partition coefficient (Wildman–Crippen LogP) is 4.79. The maximum Gasteiger partial charge on any atom is 0.320 e. The fraction of sp³-hybridized carbons (Fsp3) is 0.350. The minimum Gasteiger partial charge on any atom is -0.480 e. The highest BCUT2D eigenvalue weighted by molar-refractivity contribution is 9.10. The molecule has 0 amide bonds. The first-order chi connectivity index (χ1) is 11.6. The standard InChI is InChI=1S/C20H22BrNO2/c1-14-8-10-15(11-9-14)19(16-5-4-6-17(21)13-16)22-12-3-2-7-18(22)20(23)24/h4-6,8-11,13,18-19H,2-3,7,12H2,1H3,(H,23,24). The summed E-state index contributed by atoms with van der Waals surface area (Å²) in [7, 11) is 0. The summed E-state index contributed by atoms with van der Waals surface area (Å²) in [6, 6.07) is 16.2. The maximum absolute atomic E-state index is 11.8. The van der Waals surface area contributed by atoms with Gasteiger partial charge in [0.05, 0.1) is 6.04 Å². The van der Waals surface area contributed by atoms with E-state index in [0.29, 0.717) is 6.42 Å². The predicted molar refractivity (Wildman–Crippen MR) is 99.1 cm³/mol. The van der Waals surface area contributed by atoms with Gasteiger partial charge < -0.3 is 5.11 Å². The molecule has 3 rings (SSSR count). The number of hydrogen-bond donors (Lipinski definition) is 1. The Morgan fingerprint density at radius 3 is 2.58 bits per heavy atom. The number of benzene rings is 2. The van der Waals surface area contributed by atoms with Gasteiger partial charge in [-0.3, -0.25) is 9.69 Å². The summed E-state index contributed by atoms with van der Waals surface area (Å²) in [5, 5.41) is 9.70. The molecule has 24 heavy (non-hydrogen) atoms. The molecule has 4 heteroatoms. The molecule has 1 fully saturated rings. The molecule has 2 unspecified atom stereocenters. The molecule has 2 atom stereocenters. The molecule has 1 N–H and O–H groups in total. The SMILES string of the molecule is Cc1ccc(C(c2cccc(Br)c2)N2CCCCC2C(=O)O)cc1. The van der Waals surface area contributed by atoms with Crippen molar-refractivity contribution < 1.29 is 9.90 Å². The summed E-state index contributed by atoms with van der Waals surface area (Å²) in [4.78, 5) is 14.0. The van der Waals surface area contributed by atoms with E-state index in [4.69, 9.17) is 0 Å². The fourth-order valence-electron chi connectivity index (χ4n) is 3.53. The van der Waals surface area contributed by atoms with Crippen LogP contribution in [0.25, 0.3) is 0 Å². The zero-order valence-electron chi connectivity index (χ0n) is 13.8. The van der Waals surface area contributed by atoms with Crippen LogP contribution in [0.2, 0.25) is 0 Å². The van der Waals surface area contributed by atoms with Gasteiger partial charge in [-0.15, -0.1) is 0 Å². The van der Waals surface area contributed by atoms with Crippen molar-refractivity contribution in [1.82, 2.24) is 4.90 Å². The summed E-state index contributed by atoms with van der Waals surface area (Å²) < 4.78 is 1.01. The molecule has 0 spiro atoms. The molecule has 0 saturated carbocycles. The molecule has 2 aromatic rings. The molecule has 0 aliphatic carbocycles. The molecule has 1 saturated heterocycles. The molecular weight excluding hydrogens is 366 g/mol. The lowest BCUT2D eigenvalue weighted by molar-refractivity contribution is -0.145. The third kappa shape index (κ3) is 3.70. The van der Waals surface area contributed by atoms with E-state index < -0.39 is 12.0 Å². The number of hydrogen-bond acceptors (Lipinski definition) is 2. The van der Waals surface area contributed by atoms with Crippen molar-refractivity contribution in [1.29, 1.82) is 0 Å². The summed E-state index contributed by atoms with van der Waals surface area (Å²) in [6.45, 7) is 2.88. The maximum atomic E-state index is 11.8. The van der Waals surface area contributed by atoms with Crippen LogP contribution in [0.15, 0.2) is 53.0 Å². The molecule has 0 radical (unpaired) electrons. The highest BCUT2D eigenvalue weighted by Crippen LogP contribution is 2.35. The van der Waals surface area contributed by atoms with Gasteiger partial charge in [0.1, 0.15) is 6.04 Å². The average Bonchev–Trinajstić information content (AvgIpc) is 2.57. The van der Waals surface area contributed by atoms with E-state index in [1.807, 2.05) is 12.1 Å². The van der Waals surface area contributed by atoms with Crippen LogP contribution in [0.3, 0.4) is 0 Å². The lowest BCUT2D eigenvalue weighted by Crippen LogP contribution is -2.46. The average molecular weight is 388 g/mol. The number of rotatable bonds is 4. The van der Waals surface area contributed by atoms with Crippen LogP contribution >= 0.6 is 15.9 Å². The Kier molecular flexibility index (Phi) is 5.36. The van der Waals surface area contributed by atoms with Gasteiger partial charge in [0.25, 0.3) is 0 Å². The summed E-state index contributed by atoms with van der Waals surface area (Å²) in [6.07, 6.45) is 2.73. The molecule has 1 heterocycles. The molecule has 126 valence electrons. The van der Waals surface area contributed by atoms with Gasteiger partial charge in [0.15, 0.2) is 0 Å². The fourth-order valence-corrected chi connectivity index (χ4v) is 3.95. The Balaban J connectivity index is 2.07. The van der Waals surface area contributed by atoms with Crippen molar-refractivity contribution in [3.8, 4) is 0 Å². The minimum atomic E-state index is -0.721. The summed E-state index contributed by atoms with van der Waals surface area (Å²) in [5.41, 5.74) is 3.48. The first-order valence-corrected chi connectivity index (χ1v) is 9.16. The smallest absolute Gasteiger partial charge is 0.320 e. The first kappa shape index (κ1) is 17.2. The van der Waals surface area contributed by atoms with Crippen LogP contribution in [0.5, 0.6) is 0 Å². The van der Waals surface area contributed by atoms with Crippen LogP contribution in [0.4, 0.5) is 0 Å². The molecule has 2 aromatic carbocycles. The molecule has 0 bridgehead atoms. The van der Waals surface area contributed by atoms with Gasteiger partial charge >= 0.3 is 5.97 Å². The van der Waals surface area contributed by atoms with Gasteiger partial charge in [0, 0.05) is 4.47 Å². The number of carboxylic acids is 1. The van der Waals surface area contributed by atoms with E-state index in [1.165, 1.54) is 5.56 Å². The van der Waals surface area contributed by atoms with Crippen LogP contribution < -0.4 is 0 Å². The second kappa shape index (κ2) is 7.49. The second-order valence-corrected chi connectivity index (χ2v) is 7.37. The molecule has 1 aliphatic heterocycles. The number of carboxylic acid groups (broad SMARTS) is 1. The lowest BCUT2D eigenvalue weighted by Gasteiger charge is -2.39. The van der Waals surface area contributed by atoms with Crippen LogP contribution in [-0.4, -0.2) is 28.6 Å². The normalized spacial score (nSPS) is 19.8. The Labute approximate surface area is 151 Å². The van der Waals surface area contributed by atoms with E-state index in [-0.39, 0.29) is 6.04 Å².